The molecule has 0 saturated heterocycles. The summed E-state index contributed by atoms with van der Waals surface area (Å²) in [6.45, 7) is 1.92. The van der Waals surface area contributed by atoms with Crippen LogP contribution in [-0.4, -0.2) is 16.4 Å². The number of phenolic OH excluding ortho intramolecular Hbond substituents is 1. The summed E-state index contributed by atoms with van der Waals surface area (Å²) in [5, 5.41) is 10.2. The van der Waals surface area contributed by atoms with Gasteiger partial charge in [0.1, 0.15) is 5.75 Å². The molecule has 13 heavy (non-hydrogen) atoms. The molecule has 0 saturated carbocycles. The Kier molecular flexibility index (Phi) is 1.59. The number of fused-ring (bicyclic) bond motifs is 1. The minimum absolute atomic E-state index is 0.199. The third-order valence-corrected chi connectivity index (χ3v) is 2.13. The van der Waals surface area contributed by atoms with E-state index in [1.54, 1.807) is 12.1 Å². The number of aldehydes is 1. The molecule has 1 aromatic heterocycles. The molecule has 0 spiro atoms. The standard InChI is InChI=1S/C10H9NO2/c1-6-2-3-9(13)8-4-7(5-12)11-10(6)8/h2-5,11,13H,1H3. The van der Waals surface area contributed by atoms with Gasteiger partial charge in [0.05, 0.1) is 11.2 Å². The first-order valence-corrected chi connectivity index (χ1v) is 3.99. The Morgan fingerprint density at radius 2 is 2.23 bits per heavy atom. The minimum atomic E-state index is 0.199. The molecule has 0 unspecified atom stereocenters. The van der Waals surface area contributed by atoms with E-state index in [9.17, 15) is 9.90 Å². The first-order valence-electron chi connectivity index (χ1n) is 3.99. The number of aromatic amines is 1. The fourth-order valence-electron chi connectivity index (χ4n) is 1.43. The molecule has 3 nitrogen and oxygen atoms in total. The fourth-order valence-corrected chi connectivity index (χ4v) is 1.43. The zero-order valence-corrected chi connectivity index (χ0v) is 7.16. The molecule has 0 fully saturated rings. The van der Waals surface area contributed by atoms with Gasteiger partial charge in [-0.1, -0.05) is 6.07 Å². The van der Waals surface area contributed by atoms with Crippen molar-refractivity contribution in [3.05, 3.63) is 29.5 Å². The third kappa shape index (κ3) is 1.09. The molecule has 3 heteroatoms. The molecule has 0 atom stereocenters. The van der Waals surface area contributed by atoms with Crippen LogP contribution in [0.2, 0.25) is 0 Å². The van der Waals surface area contributed by atoms with E-state index in [1.807, 2.05) is 13.0 Å². The van der Waals surface area contributed by atoms with Gasteiger partial charge in [-0.2, -0.15) is 0 Å². The molecule has 2 N–H and O–H groups in total. The van der Waals surface area contributed by atoms with Crippen LogP contribution in [0.15, 0.2) is 18.2 Å². The lowest BCUT2D eigenvalue weighted by Gasteiger charge is -1.97. The van der Waals surface area contributed by atoms with Crippen molar-refractivity contribution >= 4 is 17.2 Å². The Bertz CT molecular complexity index is 432. The van der Waals surface area contributed by atoms with Crippen LogP contribution in [0.25, 0.3) is 10.9 Å². The van der Waals surface area contributed by atoms with Crippen molar-refractivity contribution < 1.29 is 9.90 Å². The summed E-state index contributed by atoms with van der Waals surface area (Å²) < 4.78 is 0. The second-order valence-electron chi connectivity index (χ2n) is 3.03. The average molecular weight is 175 g/mol. The van der Waals surface area contributed by atoms with E-state index in [4.69, 9.17) is 0 Å². The van der Waals surface area contributed by atoms with Gasteiger partial charge in [-0.3, -0.25) is 4.79 Å². The molecule has 0 amide bonds. The number of hydrogen-bond donors (Lipinski definition) is 2. The van der Waals surface area contributed by atoms with Crippen LogP contribution in [0, 0.1) is 6.92 Å². The number of nitrogens with one attached hydrogen (secondary N) is 1. The van der Waals surface area contributed by atoms with Crippen LogP contribution in [0.1, 0.15) is 16.1 Å². The maximum atomic E-state index is 10.5. The molecule has 0 aliphatic heterocycles. The van der Waals surface area contributed by atoms with Gasteiger partial charge in [0.25, 0.3) is 0 Å². The highest BCUT2D eigenvalue weighted by atomic mass is 16.3. The number of carbonyl (C=O) groups is 1. The van der Waals surface area contributed by atoms with Crippen molar-refractivity contribution in [3.8, 4) is 5.75 Å². The summed E-state index contributed by atoms with van der Waals surface area (Å²) in [7, 11) is 0. The predicted molar refractivity (Wildman–Crippen MR) is 50.1 cm³/mol. The second-order valence-corrected chi connectivity index (χ2v) is 3.03. The molecule has 0 radical (unpaired) electrons. The summed E-state index contributed by atoms with van der Waals surface area (Å²) in [6.07, 6.45) is 0.735. The number of phenols is 1. The largest absolute Gasteiger partial charge is 0.507 e. The summed E-state index contributed by atoms with van der Waals surface area (Å²) in [6, 6.07) is 5.08. The normalized spacial score (nSPS) is 10.5. The van der Waals surface area contributed by atoms with Crippen molar-refractivity contribution in [1.29, 1.82) is 0 Å². The van der Waals surface area contributed by atoms with E-state index in [-0.39, 0.29) is 5.75 Å². The second kappa shape index (κ2) is 2.62. The number of H-pyrrole nitrogens is 1. The van der Waals surface area contributed by atoms with Crippen molar-refractivity contribution in [2.24, 2.45) is 0 Å². The molecule has 2 aromatic rings. The summed E-state index contributed by atoms with van der Waals surface area (Å²) >= 11 is 0. The Morgan fingerprint density at radius 3 is 2.85 bits per heavy atom. The van der Waals surface area contributed by atoms with E-state index < -0.39 is 0 Å². The van der Waals surface area contributed by atoms with Crippen molar-refractivity contribution in [1.82, 2.24) is 4.98 Å². The quantitative estimate of drug-likeness (QED) is 0.651. The van der Waals surface area contributed by atoms with Gasteiger partial charge in [-0.05, 0) is 24.6 Å². The maximum absolute atomic E-state index is 10.5. The monoisotopic (exact) mass is 175 g/mol. The third-order valence-electron chi connectivity index (χ3n) is 2.13. The van der Waals surface area contributed by atoms with Crippen molar-refractivity contribution in [2.75, 3.05) is 0 Å². The van der Waals surface area contributed by atoms with E-state index >= 15 is 0 Å². The summed E-state index contributed by atoms with van der Waals surface area (Å²) in [5.41, 5.74) is 2.32. The van der Waals surface area contributed by atoms with Crippen LogP contribution in [0.4, 0.5) is 0 Å². The fraction of sp³-hybridized carbons (Fsp3) is 0.100. The maximum Gasteiger partial charge on any atom is 0.166 e. The molecule has 1 aromatic carbocycles. The van der Waals surface area contributed by atoms with Crippen LogP contribution < -0.4 is 0 Å². The Morgan fingerprint density at radius 1 is 1.46 bits per heavy atom. The van der Waals surface area contributed by atoms with Gasteiger partial charge in [-0.15, -0.1) is 0 Å². The molecular weight excluding hydrogens is 166 g/mol. The predicted octanol–water partition coefficient (Wildman–Crippen LogP) is 1.99. The zero-order chi connectivity index (χ0) is 9.42. The zero-order valence-electron chi connectivity index (χ0n) is 7.16. The molecule has 2 rings (SSSR count). The Labute approximate surface area is 75.0 Å². The molecule has 0 aliphatic carbocycles. The number of aromatic nitrogens is 1. The van der Waals surface area contributed by atoms with E-state index in [1.165, 1.54) is 0 Å². The van der Waals surface area contributed by atoms with Gasteiger partial charge in [-0.25, -0.2) is 0 Å². The average Bonchev–Trinajstić information content (AvgIpc) is 2.56. The van der Waals surface area contributed by atoms with Gasteiger partial charge in [0.15, 0.2) is 6.29 Å². The van der Waals surface area contributed by atoms with Crippen LogP contribution in [0.5, 0.6) is 5.75 Å². The van der Waals surface area contributed by atoms with Crippen molar-refractivity contribution in [3.63, 3.8) is 0 Å². The highest BCUT2D eigenvalue weighted by molar-refractivity contribution is 5.93. The first-order chi connectivity index (χ1) is 6.22. The minimum Gasteiger partial charge on any atom is -0.507 e. The molecule has 66 valence electrons. The Hall–Kier alpha value is -1.77. The van der Waals surface area contributed by atoms with Gasteiger partial charge in [0.2, 0.25) is 0 Å². The number of carbonyl (C=O) groups excluding carboxylic acids is 1. The lowest BCUT2D eigenvalue weighted by molar-refractivity contribution is 0.112. The van der Waals surface area contributed by atoms with Crippen LogP contribution >= 0.6 is 0 Å². The molecule has 0 bridgehead atoms. The van der Waals surface area contributed by atoms with E-state index in [0.717, 1.165) is 17.4 Å². The first kappa shape index (κ1) is 7.86. The van der Waals surface area contributed by atoms with Crippen molar-refractivity contribution in [2.45, 2.75) is 6.92 Å². The smallest absolute Gasteiger partial charge is 0.166 e. The van der Waals surface area contributed by atoms with Crippen LogP contribution in [-0.2, 0) is 0 Å². The SMILES string of the molecule is Cc1ccc(O)c2cc(C=O)[nH]c12. The molecular formula is C10H9NO2. The molecule has 1 heterocycles. The summed E-state index contributed by atoms with van der Waals surface area (Å²) in [4.78, 5) is 13.4. The van der Waals surface area contributed by atoms with E-state index in [0.29, 0.717) is 11.1 Å². The summed E-state index contributed by atoms with van der Waals surface area (Å²) in [5.74, 6) is 0.199. The lowest BCUT2D eigenvalue weighted by Crippen LogP contribution is -1.78. The number of aromatic hydroxyl groups is 1. The molecule has 0 aliphatic rings. The van der Waals surface area contributed by atoms with Gasteiger partial charge in [0, 0.05) is 5.39 Å². The van der Waals surface area contributed by atoms with E-state index in [2.05, 4.69) is 4.98 Å². The van der Waals surface area contributed by atoms with Gasteiger partial charge < -0.3 is 10.1 Å². The topological polar surface area (TPSA) is 53.1 Å². The highest BCUT2D eigenvalue weighted by Crippen LogP contribution is 2.27. The highest BCUT2D eigenvalue weighted by Gasteiger charge is 2.05. The van der Waals surface area contributed by atoms with Gasteiger partial charge >= 0.3 is 0 Å². The lowest BCUT2D eigenvalue weighted by atomic mass is 10.1. The van der Waals surface area contributed by atoms with Crippen LogP contribution in [0.3, 0.4) is 0 Å². The number of benzene rings is 1. The number of hydrogen-bond acceptors (Lipinski definition) is 2. The number of aryl methyl sites for hydroxylation is 1. The Balaban J connectivity index is 2.87. The number of rotatable bonds is 1.